The first-order valence-electron chi connectivity index (χ1n) is 11.9. The number of carbonyl (C=O) groups is 4. The zero-order chi connectivity index (χ0) is 26.1. The fourth-order valence-electron chi connectivity index (χ4n) is 4.03. The van der Waals surface area contributed by atoms with Gasteiger partial charge in [-0.25, -0.2) is 4.79 Å². The normalized spacial score (nSPS) is 15.6. The predicted molar refractivity (Wildman–Crippen MR) is 137 cm³/mol. The Labute approximate surface area is 214 Å². The molecule has 1 saturated carbocycles. The number of anilines is 1. The minimum atomic E-state index is -1.23. The topological polar surface area (TPSA) is 163 Å². The number of aliphatic hydroxyl groups is 1. The van der Waals surface area contributed by atoms with Crippen LogP contribution in [0.5, 0.6) is 0 Å². The number of rotatable bonds is 12. The Hall–Kier alpha value is -3.44. The van der Waals surface area contributed by atoms with Crippen LogP contribution in [0.25, 0.3) is 0 Å². The Bertz CT molecular complexity index is 1050. The Morgan fingerprint density at radius 2 is 1.78 bits per heavy atom. The Morgan fingerprint density at radius 3 is 2.33 bits per heavy atom. The number of amides is 5. The molecule has 36 heavy (non-hydrogen) atoms. The second kappa shape index (κ2) is 12.5. The van der Waals surface area contributed by atoms with Gasteiger partial charge >= 0.3 is 6.03 Å². The molecule has 0 saturated heterocycles. The molecule has 1 heterocycles. The van der Waals surface area contributed by atoms with Crippen LogP contribution in [0, 0.1) is 5.41 Å². The highest BCUT2D eigenvalue weighted by Crippen LogP contribution is 2.42. The molecule has 1 aromatic heterocycles. The third kappa shape index (κ3) is 6.82. The van der Waals surface area contributed by atoms with Crippen LogP contribution in [0.1, 0.15) is 56.2 Å². The fourth-order valence-corrected chi connectivity index (χ4v) is 4.79. The molecule has 0 aliphatic heterocycles. The van der Waals surface area contributed by atoms with Crippen molar-refractivity contribution in [2.45, 2.75) is 57.7 Å². The van der Waals surface area contributed by atoms with Crippen molar-refractivity contribution >= 4 is 40.8 Å². The van der Waals surface area contributed by atoms with Crippen LogP contribution in [0.4, 0.5) is 10.5 Å². The molecule has 5 amide bonds. The van der Waals surface area contributed by atoms with Crippen LogP contribution < -0.4 is 27.0 Å². The van der Waals surface area contributed by atoms with E-state index >= 15 is 0 Å². The lowest BCUT2D eigenvalue weighted by Gasteiger charge is -2.40. The number of benzene rings is 1. The van der Waals surface area contributed by atoms with E-state index in [2.05, 4.69) is 21.3 Å². The van der Waals surface area contributed by atoms with Gasteiger partial charge in [0.25, 0.3) is 0 Å². The number of hydrogen-bond acceptors (Lipinski definition) is 6. The minimum Gasteiger partial charge on any atom is -0.392 e. The van der Waals surface area contributed by atoms with Crippen LogP contribution in [-0.4, -0.2) is 41.4 Å². The summed E-state index contributed by atoms with van der Waals surface area (Å²) in [5.74, 6) is -1.28. The molecule has 0 spiro atoms. The number of primary amides is 1. The maximum atomic E-state index is 13.4. The highest BCUT2D eigenvalue weighted by atomic mass is 32.1. The number of urea groups is 1. The molecule has 0 unspecified atom stereocenters. The lowest BCUT2D eigenvalue weighted by molar-refractivity contribution is -0.151. The quantitative estimate of drug-likeness (QED) is 0.188. The van der Waals surface area contributed by atoms with Gasteiger partial charge in [-0.2, -0.15) is 11.3 Å². The van der Waals surface area contributed by atoms with Gasteiger partial charge in [0.15, 0.2) is 0 Å². The summed E-state index contributed by atoms with van der Waals surface area (Å²) in [4.78, 5) is 50.6. The molecular formula is C25H33N5O5S. The smallest absolute Gasteiger partial charge is 0.312 e. The summed E-state index contributed by atoms with van der Waals surface area (Å²) in [5.41, 5.74) is 6.05. The standard InChI is InChI=1S/C25H33N5O5S/c1-16(18-9-13-36-15-18)28-22(33)25(10-3-11-25)23(34)30-20(4-2-12-27-24(26)35)21(32)29-19-7-5-17(14-31)6-8-19/h5-9,13,15-16,20,31H,2-4,10-12,14H2,1H3,(H,28,33)(H,29,32)(H,30,34)(H3,26,27,35)/t16-,20+/m1/s1. The van der Waals surface area contributed by atoms with Crippen LogP contribution >= 0.6 is 11.3 Å². The van der Waals surface area contributed by atoms with Crippen molar-refractivity contribution in [3.05, 3.63) is 52.2 Å². The van der Waals surface area contributed by atoms with Crippen molar-refractivity contribution in [1.29, 1.82) is 0 Å². The molecule has 11 heteroatoms. The van der Waals surface area contributed by atoms with Crippen LogP contribution in [0.3, 0.4) is 0 Å². The summed E-state index contributed by atoms with van der Waals surface area (Å²) >= 11 is 1.53. The molecule has 1 fully saturated rings. The molecule has 1 aromatic carbocycles. The van der Waals surface area contributed by atoms with E-state index in [0.717, 1.165) is 12.0 Å². The van der Waals surface area contributed by atoms with Gasteiger partial charge in [-0.15, -0.1) is 0 Å². The molecule has 2 aromatic rings. The Balaban J connectivity index is 1.69. The SMILES string of the molecule is C[C@@H](NC(=O)C1(C(=O)N[C@@H](CCCNC(N)=O)C(=O)Nc2ccc(CO)cc2)CCC1)c1ccsc1. The van der Waals surface area contributed by atoms with E-state index in [-0.39, 0.29) is 31.5 Å². The number of thiophene rings is 1. The predicted octanol–water partition coefficient (Wildman–Crippen LogP) is 2.16. The Kier molecular flexibility index (Phi) is 9.43. The van der Waals surface area contributed by atoms with Crippen molar-refractivity contribution in [1.82, 2.24) is 16.0 Å². The number of carbonyl (C=O) groups excluding carboxylic acids is 4. The molecule has 0 radical (unpaired) electrons. The summed E-state index contributed by atoms with van der Waals surface area (Å²) in [7, 11) is 0. The summed E-state index contributed by atoms with van der Waals surface area (Å²) in [5, 5.41) is 24.1. The van der Waals surface area contributed by atoms with E-state index in [1.54, 1.807) is 24.3 Å². The number of nitrogens with one attached hydrogen (secondary N) is 4. The first kappa shape index (κ1) is 27.2. The van der Waals surface area contributed by atoms with Gasteiger partial charge in [0.1, 0.15) is 11.5 Å². The largest absolute Gasteiger partial charge is 0.392 e. The number of nitrogens with two attached hydrogens (primary N) is 1. The molecule has 7 N–H and O–H groups in total. The van der Waals surface area contributed by atoms with Gasteiger partial charge < -0.3 is 32.1 Å². The monoisotopic (exact) mass is 515 g/mol. The zero-order valence-corrected chi connectivity index (χ0v) is 21.0. The third-order valence-electron chi connectivity index (χ3n) is 6.46. The van der Waals surface area contributed by atoms with E-state index in [0.29, 0.717) is 30.5 Å². The maximum absolute atomic E-state index is 13.4. The molecule has 2 atom stereocenters. The van der Waals surface area contributed by atoms with Gasteiger partial charge in [0.05, 0.1) is 12.6 Å². The van der Waals surface area contributed by atoms with Gasteiger partial charge in [0, 0.05) is 12.2 Å². The minimum absolute atomic E-state index is 0.116. The molecule has 1 aliphatic rings. The Morgan fingerprint density at radius 1 is 1.08 bits per heavy atom. The number of aliphatic hydroxyl groups excluding tert-OH is 1. The lowest BCUT2D eigenvalue weighted by atomic mass is 9.67. The highest BCUT2D eigenvalue weighted by Gasteiger charge is 2.51. The van der Waals surface area contributed by atoms with Gasteiger partial charge in [-0.3, -0.25) is 14.4 Å². The van der Waals surface area contributed by atoms with E-state index in [4.69, 9.17) is 5.73 Å². The van der Waals surface area contributed by atoms with Crippen molar-refractivity contribution < 1.29 is 24.3 Å². The first-order valence-corrected chi connectivity index (χ1v) is 12.9. The molecule has 10 nitrogen and oxygen atoms in total. The molecular weight excluding hydrogens is 482 g/mol. The fraction of sp³-hybridized carbons (Fsp3) is 0.440. The summed E-state index contributed by atoms with van der Waals surface area (Å²) in [6.07, 6.45) is 2.17. The van der Waals surface area contributed by atoms with Gasteiger partial charge in [0.2, 0.25) is 17.7 Å². The van der Waals surface area contributed by atoms with Crippen LogP contribution in [0.2, 0.25) is 0 Å². The second-order valence-electron chi connectivity index (χ2n) is 8.99. The molecule has 3 rings (SSSR count). The third-order valence-corrected chi connectivity index (χ3v) is 7.16. The summed E-state index contributed by atoms with van der Waals surface area (Å²) < 4.78 is 0. The van der Waals surface area contributed by atoms with Crippen LogP contribution in [0.15, 0.2) is 41.1 Å². The average molecular weight is 516 g/mol. The molecule has 0 bridgehead atoms. The van der Waals surface area contributed by atoms with Crippen molar-refractivity contribution in [2.24, 2.45) is 11.1 Å². The van der Waals surface area contributed by atoms with E-state index in [1.807, 2.05) is 23.8 Å². The second-order valence-corrected chi connectivity index (χ2v) is 9.77. The maximum Gasteiger partial charge on any atom is 0.312 e. The van der Waals surface area contributed by atoms with E-state index < -0.39 is 29.3 Å². The van der Waals surface area contributed by atoms with Crippen molar-refractivity contribution in [3.8, 4) is 0 Å². The van der Waals surface area contributed by atoms with Gasteiger partial charge in [-0.05, 0) is 72.7 Å². The lowest BCUT2D eigenvalue weighted by Crippen LogP contribution is -2.58. The first-order chi connectivity index (χ1) is 17.2. The van der Waals surface area contributed by atoms with E-state index in [1.165, 1.54) is 11.3 Å². The molecule has 1 aliphatic carbocycles. The zero-order valence-electron chi connectivity index (χ0n) is 20.2. The molecule has 194 valence electrons. The van der Waals surface area contributed by atoms with E-state index in [9.17, 15) is 24.3 Å². The van der Waals surface area contributed by atoms with Crippen LogP contribution in [-0.2, 0) is 21.0 Å². The number of hydrogen-bond donors (Lipinski definition) is 6. The average Bonchev–Trinajstić information content (AvgIpc) is 3.36. The summed E-state index contributed by atoms with van der Waals surface area (Å²) in [6.45, 7) is 1.99. The summed E-state index contributed by atoms with van der Waals surface area (Å²) in [6, 6.07) is 6.77. The van der Waals surface area contributed by atoms with Crippen molar-refractivity contribution in [2.75, 3.05) is 11.9 Å². The van der Waals surface area contributed by atoms with Gasteiger partial charge in [-0.1, -0.05) is 18.6 Å². The highest BCUT2D eigenvalue weighted by molar-refractivity contribution is 7.08. The van der Waals surface area contributed by atoms with Crippen molar-refractivity contribution in [3.63, 3.8) is 0 Å².